The summed E-state index contributed by atoms with van der Waals surface area (Å²) >= 11 is 0. The second kappa shape index (κ2) is 5.24. The number of benzene rings is 1. The highest BCUT2D eigenvalue weighted by Gasteiger charge is 2.16. The lowest BCUT2D eigenvalue weighted by atomic mass is 10.0. The SMILES string of the molecule is CCc1[nH]n2c(=O)cc(-c3ccn[nH]3)nc2c1-c1ccccc1. The van der Waals surface area contributed by atoms with E-state index in [1.165, 1.54) is 10.6 Å². The quantitative estimate of drug-likeness (QED) is 0.610. The van der Waals surface area contributed by atoms with Gasteiger partial charge in [-0.15, -0.1) is 0 Å². The molecule has 114 valence electrons. The molecule has 4 aromatic rings. The highest BCUT2D eigenvalue weighted by Crippen LogP contribution is 2.28. The molecule has 0 spiro atoms. The first-order chi connectivity index (χ1) is 11.3. The van der Waals surface area contributed by atoms with Crippen molar-refractivity contribution < 1.29 is 0 Å². The van der Waals surface area contributed by atoms with Crippen LogP contribution in [0.15, 0.2) is 53.5 Å². The van der Waals surface area contributed by atoms with Gasteiger partial charge in [0.1, 0.15) is 0 Å². The average molecular weight is 305 g/mol. The Morgan fingerprint density at radius 3 is 2.70 bits per heavy atom. The first-order valence-electron chi connectivity index (χ1n) is 7.47. The lowest BCUT2D eigenvalue weighted by Gasteiger charge is -2.02. The molecular formula is C17H15N5O. The van der Waals surface area contributed by atoms with Crippen LogP contribution in [0.3, 0.4) is 0 Å². The van der Waals surface area contributed by atoms with Crippen LogP contribution >= 0.6 is 0 Å². The molecule has 0 fully saturated rings. The van der Waals surface area contributed by atoms with E-state index in [9.17, 15) is 4.79 Å². The molecule has 2 N–H and O–H groups in total. The fourth-order valence-corrected chi connectivity index (χ4v) is 2.78. The summed E-state index contributed by atoms with van der Waals surface area (Å²) < 4.78 is 1.50. The molecule has 6 heteroatoms. The molecule has 4 rings (SSSR count). The first kappa shape index (κ1) is 13.5. The third kappa shape index (κ3) is 2.15. The molecule has 0 saturated heterocycles. The Hall–Kier alpha value is -3.15. The van der Waals surface area contributed by atoms with Crippen LogP contribution < -0.4 is 5.56 Å². The van der Waals surface area contributed by atoms with Gasteiger partial charge in [-0.25, -0.2) is 9.50 Å². The van der Waals surface area contributed by atoms with Gasteiger partial charge in [0.05, 0.1) is 11.4 Å². The van der Waals surface area contributed by atoms with Crippen molar-refractivity contribution in [2.24, 2.45) is 0 Å². The van der Waals surface area contributed by atoms with Gasteiger partial charge in [0.15, 0.2) is 5.65 Å². The van der Waals surface area contributed by atoms with Gasteiger partial charge in [0.2, 0.25) is 0 Å². The summed E-state index contributed by atoms with van der Waals surface area (Å²) in [5.74, 6) is 0. The molecular weight excluding hydrogens is 290 g/mol. The summed E-state index contributed by atoms with van der Waals surface area (Å²) in [6.45, 7) is 2.05. The summed E-state index contributed by atoms with van der Waals surface area (Å²) in [7, 11) is 0. The fraction of sp³-hybridized carbons (Fsp3) is 0.118. The van der Waals surface area contributed by atoms with Gasteiger partial charge in [0.25, 0.3) is 5.56 Å². The van der Waals surface area contributed by atoms with Crippen LogP contribution in [0.4, 0.5) is 0 Å². The van der Waals surface area contributed by atoms with E-state index >= 15 is 0 Å². The Kier molecular flexibility index (Phi) is 3.08. The molecule has 0 saturated carbocycles. The van der Waals surface area contributed by atoms with Gasteiger partial charge >= 0.3 is 0 Å². The van der Waals surface area contributed by atoms with Crippen molar-refractivity contribution >= 4 is 5.65 Å². The third-order valence-corrected chi connectivity index (χ3v) is 3.88. The first-order valence-corrected chi connectivity index (χ1v) is 7.47. The summed E-state index contributed by atoms with van der Waals surface area (Å²) in [6.07, 6.45) is 2.43. The Morgan fingerprint density at radius 1 is 1.17 bits per heavy atom. The fourth-order valence-electron chi connectivity index (χ4n) is 2.78. The molecule has 23 heavy (non-hydrogen) atoms. The minimum absolute atomic E-state index is 0.142. The molecule has 0 bridgehead atoms. The average Bonchev–Trinajstić information content (AvgIpc) is 3.23. The number of hydrogen-bond acceptors (Lipinski definition) is 3. The van der Waals surface area contributed by atoms with Crippen LogP contribution in [0.1, 0.15) is 12.6 Å². The van der Waals surface area contributed by atoms with Gasteiger partial charge in [0, 0.05) is 23.5 Å². The van der Waals surface area contributed by atoms with E-state index in [0.29, 0.717) is 11.3 Å². The van der Waals surface area contributed by atoms with Crippen molar-refractivity contribution in [2.45, 2.75) is 13.3 Å². The largest absolute Gasteiger partial charge is 0.293 e. The van der Waals surface area contributed by atoms with E-state index in [-0.39, 0.29) is 5.56 Å². The predicted molar refractivity (Wildman–Crippen MR) is 88.2 cm³/mol. The summed E-state index contributed by atoms with van der Waals surface area (Å²) in [5.41, 5.74) is 4.79. The van der Waals surface area contributed by atoms with Gasteiger partial charge in [-0.1, -0.05) is 37.3 Å². The maximum Gasteiger partial charge on any atom is 0.273 e. The second-order valence-electron chi connectivity index (χ2n) is 5.29. The Bertz CT molecular complexity index is 1010. The molecule has 3 heterocycles. The third-order valence-electron chi connectivity index (χ3n) is 3.88. The van der Waals surface area contributed by atoms with E-state index in [1.807, 2.05) is 30.3 Å². The van der Waals surface area contributed by atoms with E-state index in [1.54, 1.807) is 12.3 Å². The molecule has 1 aromatic carbocycles. The number of H-pyrrole nitrogens is 2. The zero-order valence-electron chi connectivity index (χ0n) is 12.6. The standard InChI is InChI=1S/C17H15N5O/c1-2-12-16(11-6-4-3-5-7-11)17-19-14(13-8-9-18-20-13)10-15(23)22(17)21-12/h3-10,21H,2H2,1H3,(H,18,20). The van der Waals surface area contributed by atoms with Crippen molar-refractivity contribution in [3.63, 3.8) is 0 Å². The predicted octanol–water partition coefficient (Wildman–Crippen LogP) is 2.64. The molecule has 3 aromatic heterocycles. The van der Waals surface area contributed by atoms with Gasteiger partial charge < -0.3 is 0 Å². The molecule has 0 aliphatic heterocycles. The molecule has 6 nitrogen and oxygen atoms in total. The molecule has 0 unspecified atom stereocenters. The maximum atomic E-state index is 12.5. The van der Waals surface area contributed by atoms with Crippen LogP contribution in [0.2, 0.25) is 0 Å². The minimum atomic E-state index is -0.142. The monoisotopic (exact) mass is 305 g/mol. The molecule has 0 aliphatic carbocycles. The van der Waals surface area contributed by atoms with E-state index in [0.717, 1.165) is 28.9 Å². The number of hydrogen-bond donors (Lipinski definition) is 2. The van der Waals surface area contributed by atoms with Crippen molar-refractivity contribution in [3.05, 3.63) is 64.7 Å². The minimum Gasteiger partial charge on any atom is -0.293 e. The van der Waals surface area contributed by atoms with E-state index in [4.69, 9.17) is 0 Å². The normalized spacial score (nSPS) is 11.2. The Labute approximate surface area is 131 Å². The van der Waals surface area contributed by atoms with Crippen molar-refractivity contribution in [1.29, 1.82) is 0 Å². The van der Waals surface area contributed by atoms with Crippen LogP contribution in [0.5, 0.6) is 0 Å². The van der Waals surface area contributed by atoms with Crippen LogP contribution in [-0.4, -0.2) is 24.8 Å². The Balaban J connectivity index is 2.06. The van der Waals surface area contributed by atoms with Crippen molar-refractivity contribution in [3.8, 4) is 22.5 Å². The number of aromatic nitrogens is 5. The van der Waals surface area contributed by atoms with E-state index in [2.05, 4.69) is 27.2 Å². The zero-order chi connectivity index (χ0) is 15.8. The molecule has 0 aliphatic rings. The van der Waals surface area contributed by atoms with Crippen LogP contribution in [-0.2, 0) is 6.42 Å². The molecule has 0 amide bonds. The van der Waals surface area contributed by atoms with Gasteiger partial charge in [-0.05, 0) is 18.1 Å². The lowest BCUT2D eigenvalue weighted by molar-refractivity contribution is 0.858. The molecule has 0 radical (unpaired) electrons. The van der Waals surface area contributed by atoms with Crippen LogP contribution in [0.25, 0.3) is 28.2 Å². The smallest absolute Gasteiger partial charge is 0.273 e. The highest BCUT2D eigenvalue weighted by atomic mass is 16.1. The summed E-state index contributed by atoms with van der Waals surface area (Å²) in [4.78, 5) is 17.1. The van der Waals surface area contributed by atoms with Crippen LogP contribution in [0, 0.1) is 0 Å². The topological polar surface area (TPSA) is 78.8 Å². The molecule has 0 atom stereocenters. The number of aromatic amines is 2. The van der Waals surface area contributed by atoms with Gasteiger partial charge in [-0.3, -0.25) is 15.0 Å². The number of rotatable bonds is 3. The summed E-state index contributed by atoms with van der Waals surface area (Å²) in [6, 6.07) is 13.3. The summed E-state index contributed by atoms with van der Waals surface area (Å²) in [5, 5.41) is 9.95. The number of nitrogens with one attached hydrogen (secondary N) is 2. The van der Waals surface area contributed by atoms with Gasteiger partial charge in [-0.2, -0.15) is 5.10 Å². The van der Waals surface area contributed by atoms with E-state index < -0.39 is 0 Å². The second-order valence-corrected chi connectivity index (χ2v) is 5.29. The highest BCUT2D eigenvalue weighted by molar-refractivity contribution is 5.80. The zero-order valence-corrected chi connectivity index (χ0v) is 12.6. The number of nitrogens with zero attached hydrogens (tertiary/aromatic N) is 3. The number of aryl methyl sites for hydroxylation is 1. The van der Waals surface area contributed by atoms with Crippen molar-refractivity contribution in [2.75, 3.05) is 0 Å². The van der Waals surface area contributed by atoms with Crippen molar-refractivity contribution in [1.82, 2.24) is 24.8 Å². The number of fused-ring (bicyclic) bond motifs is 1. The maximum absolute atomic E-state index is 12.5. The lowest BCUT2D eigenvalue weighted by Crippen LogP contribution is -2.14. The Morgan fingerprint density at radius 2 is 2.00 bits per heavy atom.